The Morgan fingerprint density at radius 1 is 1.23 bits per heavy atom. The summed E-state index contributed by atoms with van der Waals surface area (Å²) in [5.74, 6) is 1.01. The summed E-state index contributed by atoms with van der Waals surface area (Å²) in [5, 5.41) is 7.59. The van der Waals surface area contributed by atoms with Gasteiger partial charge in [-0.25, -0.2) is 0 Å². The lowest BCUT2D eigenvalue weighted by Crippen LogP contribution is -2.46. The molecule has 1 aromatic rings. The molecule has 0 aliphatic carbocycles. The van der Waals surface area contributed by atoms with Gasteiger partial charge in [0.1, 0.15) is 0 Å². The van der Waals surface area contributed by atoms with E-state index >= 15 is 0 Å². The van der Waals surface area contributed by atoms with Crippen molar-refractivity contribution in [2.75, 3.05) is 26.2 Å². The van der Waals surface area contributed by atoms with Crippen molar-refractivity contribution in [1.82, 2.24) is 20.0 Å². The number of nitrogens with one attached hydrogen (secondary N) is 1. The summed E-state index contributed by atoms with van der Waals surface area (Å²) in [5.41, 5.74) is 2.24. The van der Waals surface area contributed by atoms with Gasteiger partial charge < -0.3 is 9.80 Å². The monoisotopic (exact) mass is 358 g/mol. The molecule has 0 spiro atoms. The number of hydrogen-bond acceptors (Lipinski definition) is 3. The number of piperidine rings is 2. The van der Waals surface area contributed by atoms with Crippen molar-refractivity contribution >= 4 is 11.8 Å². The van der Waals surface area contributed by atoms with Crippen LogP contribution < -0.4 is 0 Å². The molecule has 142 valence electrons. The van der Waals surface area contributed by atoms with Crippen molar-refractivity contribution in [2.24, 2.45) is 5.92 Å². The van der Waals surface area contributed by atoms with Crippen LogP contribution in [0.3, 0.4) is 0 Å². The predicted octanol–water partition coefficient (Wildman–Crippen LogP) is 2.66. The van der Waals surface area contributed by atoms with Gasteiger partial charge in [-0.1, -0.05) is 20.4 Å². The third-order valence-corrected chi connectivity index (χ3v) is 5.71. The van der Waals surface area contributed by atoms with Crippen LogP contribution >= 0.6 is 0 Å². The Balaban J connectivity index is 1.58. The Morgan fingerprint density at radius 3 is 2.58 bits per heavy atom. The third-order valence-electron chi connectivity index (χ3n) is 5.71. The van der Waals surface area contributed by atoms with E-state index in [4.69, 9.17) is 0 Å². The summed E-state index contributed by atoms with van der Waals surface area (Å²) in [7, 11) is 0. The van der Waals surface area contributed by atoms with Gasteiger partial charge in [0.05, 0.1) is 5.69 Å². The largest absolute Gasteiger partial charge is 0.342 e. The second-order valence-corrected chi connectivity index (χ2v) is 7.83. The van der Waals surface area contributed by atoms with E-state index in [1.807, 2.05) is 4.90 Å². The standard InChI is InChI=1S/C20H30N4O2/c1-4-19(25)23-10-7-15(8-11-23)20(26)24-9-5-6-16(13-24)18-12-17(14(2)3)21-22-18/h4,12,14-16H,1,5-11,13H2,2-3H3,(H,21,22). The minimum atomic E-state index is -0.0332. The van der Waals surface area contributed by atoms with Crippen LogP contribution in [0.15, 0.2) is 18.7 Å². The SMILES string of the molecule is C=CC(=O)N1CCC(C(=O)N2CCCC(c3cc(C(C)C)n[nH]3)C2)CC1. The van der Waals surface area contributed by atoms with Gasteiger partial charge in [0.2, 0.25) is 11.8 Å². The molecule has 0 aromatic carbocycles. The Kier molecular flexibility index (Phi) is 5.79. The van der Waals surface area contributed by atoms with Crippen LogP contribution in [0.5, 0.6) is 0 Å². The molecule has 2 amide bonds. The van der Waals surface area contributed by atoms with Crippen LogP contribution in [0.4, 0.5) is 0 Å². The first-order valence-electron chi connectivity index (χ1n) is 9.75. The first kappa shape index (κ1) is 18.7. The van der Waals surface area contributed by atoms with Gasteiger partial charge in [-0.15, -0.1) is 0 Å². The summed E-state index contributed by atoms with van der Waals surface area (Å²) in [6.07, 6.45) is 4.98. The predicted molar refractivity (Wildman–Crippen MR) is 101 cm³/mol. The zero-order valence-corrected chi connectivity index (χ0v) is 15.9. The number of carbonyl (C=O) groups excluding carboxylic acids is 2. The Bertz CT molecular complexity index is 659. The molecule has 2 saturated heterocycles. The van der Waals surface area contributed by atoms with Crippen LogP contribution in [0, 0.1) is 5.92 Å². The molecule has 3 heterocycles. The number of aromatic nitrogens is 2. The second kappa shape index (κ2) is 8.06. The molecular formula is C20H30N4O2. The Labute approximate surface area is 155 Å². The highest BCUT2D eigenvalue weighted by atomic mass is 16.2. The quantitative estimate of drug-likeness (QED) is 0.841. The summed E-state index contributed by atoms with van der Waals surface area (Å²) in [6.45, 7) is 10.7. The first-order chi connectivity index (χ1) is 12.5. The highest BCUT2D eigenvalue weighted by Crippen LogP contribution is 2.29. The number of carbonyl (C=O) groups is 2. The van der Waals surface area contributed by atoms with E-state index in [0.717, 1.165) is 50.2 Å². The number of aromatic amines is 1. The van der Waals surface area contributed by atoms with Crippen molar-refractivity contribution in [3.8, 4) is 0 Å². The lowest BCUT2D eigenvalue weighted by Gasteiger charge is -2.37. The number of likely N-dealkylation sites (tertiary alicyclic amines) is 2. The van der Waals surface area contributed by atoms with Gasteiger partial charge in [-0.2, -0.15) is 5.10 Å². The molecule has 6 heteroatoms. The van der Waals surface area contributed by atoms with Crippen LogP contribution in [-0.2, 0) is 9.59 Å². The van der Waals surface area contributed by atoms with Crippen molar-refractivity contribution in [3.63, 3.8) is 0 Å². The molecule has 26 heavy (non-hydrogen) atoms. The van der Waals surface area contributed by atoms with E-state index in [1.54, 1.807) is 4.90 Å². The van der Waals surface area contributed by atoms with Crippen molar-refractivity contribution in [3.05, 3.63) is 30.1 Å². The van der Waals surface area contributed by atoms with Gasteiger partial charge in [0, 0.05) is 43.7 Å². The number of nitrogens with zero attached hydrogens (tertiary/aromatic N) is 3. The third kappa shape index (κ3) is 4.00. The summed E-state index contributed by atoms with van der Waals surface area (Å²) < 4.78 is 0. The van der Waals surface area contributed by atoms with Gasteiger partial charge in [0.15, 0.2) is 0 Å². The molecule has 2 fully saturated rings. The maximum absolute atomic E-state index is 13.0. The first-order valence-corrected chi connectivity index (χ1v) is 9.75. The lowest BCUT2D eigenvalue weighted by atomic mass is 9.90. The van der Waals surface area contributed by atoms with Crippen molar-refractivity contribution in [2.45, 2.75) is 51.4 Å². The molecule has 1 aromatic heterocycles. The molecule has 0 saturated carbocycles. The van der Waals surface area contributed by atoms with E-state index in [2.05, 4.69) is 36.7 Å². The summed E-state index contributed by atoms with van der Waals surface area (Å²) in [6, 6.07) is 2.16. The molecule has 1 N–H and O–H groups in total. The van der Waals surface area contributed by atoms with E-state index in [9.17, 15) is 9.59 Å². The highest BCUT2D eigenvalue weighted by molar-refractivity contribution is 5.87. The van der Waals surface area contributed by atoms with Crippen LogP contribution in [0.1, 0.15) is 62.8 Å². The van der Waals surface area contributed by atoms with Crippen LogP contribution in [0.2, 0.25) is 0 Å². The number of hydrogen-bond donors (Lipinski definition) is 1. The molecular weight excluding hydrogens is 328 g/mol. The maximum Gasteiger partial charge on any atom is 0.245 e. The second-order valence-electron chi connectivity index (χ2n) is 7.83. The minimum absolute atomic E-state index is 0.0332. The number of H-pyrrole nitrogens is 1. The van der Waals surface area contributed by atoms with Crippen molar-refractivity contribution in [1.29, 1.82) is 0 Å². The zero-order chi connectivity index (χ0) is 18.7. The average Bonchev–Trinajstić information content (AvgIpc) is 3.17. The smallest absolute Gasteiger partial charge is 0.245 e. The van der Waals surface area contributed by atoms with E-state index in [0.29, 0.717) is 24.9 Å². The Hall–Kier alpha value is -2.11. The molecule has 3 rings (SSSR count). The highest BCUT2D eigenvalue weighted by Gasteiger charge is 2.32. The molecule has 0 radical (unpaired) electrons. The summed E-state index contributed by atoms with van der Waals surface area (Å²) >= 11 is 0. The van der Waals surface area contributed by atoms with Gasteiger partial charge in [0.25, 0.3) is 0 Å². The van der Waals surface area contributed by atoms with E-state index < -0.39 is 0 Å². The molecule has 6 nitrogen and oxygen atoms in total. The van der Waals surface area contributed by atoms with E-state index in [1.165, 1.54) is 6.08 Å². The van der Waals surface area contributed by atoms with Crippen LogP contribution in [-0.4, -0.2) is 58.0 Å². The topological polar surface area (TPSA) is 69.3 Å². The fourth-order valence-corrected chi connectivity index (χ4v) is 4.02. The van der Waals surface area contributed by atoms with Gasteiger partial charge in [-0.3, -0.25) is 14.7 Å². The normalized spacial score (nSPS) is 21.9. The number of rotatable bonds is 4. The number of amides is 2. The fraction of sp³-hybridized carbons (Fsp3) is 0.650. The van der Waals surface area contributed by atoms with Crippen LogP contribution in [0.25, 0.3) is 0 Å². The van der Waals surface area contributed by atoms with E-state index in [-0.39, 0.29) is 17.7 Å². The minimum Gasteiger partial charge on any atom is -0.342 e. The zero-order valence-electron chi connectivity index (χ0n) is 15.9. The molecule has 0 bridgehead atoms. The summed E-state index contributed by atoms with van der Waals surface area (Å²) in [4.78, 5) is 28.5. The molecule has 1 unspecified atom stereocenters. The maximum atomic E-state index is 13.0. The Morgan fingerprint density at radius 2 is 1.96 bits per heavy atom. The average molecular weight is 358 g/mol. The fourth-order valence-electron chi connectivity index (χ4n) is 4.02. The lowest BCUT2D eigenvalue weighted by molar-refractivity contribution is -0.140. The van der Waals surface area contributed by atoms with Gasteiger partial charge >= 0.3 is 0 Å². The van der Waals surface area contributed by atoms with Crippen molar-refractivity contribution < 1.29 is 9.59 Å². The molecule has 2 aliphatic heterocycles. The molecule has 2 aliphatic rings. The molecule has 1 atom stereocenters. The van der Waals surface area contributed by atoms with Gasteiger partial charge in [-0.05, 0) is 43.7 Å².